The fourth-order valence-corrected chi connectivity index (χ4v) is 6.63. The lowest BCUT2D eigenvalue weighted by molar-refractivity contribution is -0.140. The van der Waals surface area contributed by atoms with Crippen molar-refractivity contribution in [1.82, 2.24) is 10.2 Å². The van der Waals surface area contributed by atoms with Gasteiger partial charge in [-0.05, 0) is 53.9 Å². The summed E-state index contributed by atoms with van der Waals surface area (Å²) in [5.41, 5.74) is 1.68. The molecule has 0 saturated heterocycles. The monoisotopic (exact) mass is 677 g/mol. The normalized spacial score (nSPS) is 11.7. The Morgan fingerprint density at radius 2 is 1.51 bits per heavy atom. The van der Waals surface area contributed by atoms with E-state index in [0.717, 1.165) is 28.3 Å². The number of hydrogen-bond donors (Lipinski definition) is 1. The van der Waals surface area contributed by atoms with E-state index in [4.69, 9.17) is 21.1 Å². The Balaban J connectivity index is 1.84. The lowest BCUT2D eigenvalue weighted by atomic mass is 10.0. The number of halogens is 1. The highest BCUT2D eigenvalue weighted by Gasteiger charge is 2.35. The number of amides is 2. The lowest BCUT2D eigenvalue weighted by Gasteiger charge is -2.34. The second kappa shape index (κ2) is 16.9. The van der Waals surface area contributed by atoms with Crippen LogP contribution >= 0.6 is 11.6 Å². The zero-order valence-electron chi connectivity index (χ0n) is 26.8. The Kier molecular flexibility index (Phi) is 12.7. The first-order chi connectivity index (χ1) is 22.7. The SMILES string of the molecule is CCCCNC(=O)C(Cc1ccccc1)N(Cc1ccc(Cl)cc1)C(=O)CN(c1cc(OC)ccc1OC)S(=O)(=O)c1ccccc1. The van der Waals surface area contributed by atoms with Crippen LogP contribution in [0.4, 0.5) is 5.69 Å². The maximum atomic E-state index is 14.6. The van der Waals surface area contributed by atoms with Gasteiger partial charge in [0, 0.05) is 30.6 Å². The lowest BCUT2D eigenvalue weighted by Crippen LogP contribution is -2.53. The Morgan fingerprint density at radius 1 is 0.851 bits per heavy atom. The van der Waals surface area contributed by atoms with Gasteiger partial charge in [-0.15, -0.1) is 0 Å². The van der Waals surface area contributed by atoms with E-state index >= 15 is 0 Å². The number of benzene rings is 4. The zero-order valence-corrected chi connectivity index (χ0v) is 28.3. The summed E-state index contributed by atoms with van der Waals surface area (Å²) in [6.07, 6.45) is 1.87. The molecule has 1 atom stereocenters. The molecule has 4 rings (SSSR count). The third-order valence-electron chi connectivity index (χ3n) is 7.63. The summed E-state index contributed by atoms with van der Waals surface area (Å²) in [6, 6.07) is 28.0. The Labute approximate surface area is 282 Å². The summed E-state index contributed by atoms with van der Waals surface area (Å²) in [6.45, 7) is 1.88. The summed E-state index contributed by atoms with van der Waals surface area (Å²) >= 11 is 6.16. The van der Waals surface area contributed by atoms with Crippen molar-refractivity contribution in [2.45, 2.75) is 43.7 Å². The van der Waals surface area contributed by atoms with E-state index in [1.54, 1.807) is 54.6 Å². The van der Waals surface area contributed by atoms with Crippen LogP contribution in [0.5, 0.6) is 11.5 Å². The first-order valence-electron chi connectivity index (χ1n) is 15.3. The number of hydrogen-bond acceptors (Lipinski definition) is 6. The number of nitrogens with zero attached hydrogens (tertiary/aromatic N) is 2. The number of ether oxygens (including phenoxy) is 2. The van der Waals surface area contributed by atoms with Crippen molar-refractivity contribution in [2.24, 2.45) is 0 Å². The molecular weight excluding hydrogens is 638 g/mol. The Bertz CT molecular complexity index is 1720. The summed E-state index contributed by atoms with van der Waals surface area (Å²) in [4.78, 5) is 29.9. The smallest absolute Gasteiger partial charge is 0.264 e. The van der Waals surface area contributed by atoms with Crippen LogP contribution in [0.15, 0.2) is 108 Å². The summed E-state index contributed by atoms with van der Waals surface area (Å²) < 4.78 is 40.6. The van der Waals surface area contributed by atoms with Crippen molar-refractivity contribution in [3.63, 3.8) is 0 Å². The summed E-state index contributed by atoms with van der Waals surface area (Å²) in [5.74, 6) is -0.325. The fourth-order valence-electron chi connectivity index (χ4n) is 5.07. The van der Waals surface area contributed by atoms with Crippen molar-refractivity contribution < 1.29 is 27.5 Å². The molecule has 4 aromatic carbocycles. The van der Waals surface area contributed by atoms with Gasteiger partial charge in [0.25, 0.3) is 10.0 Å². The molecule has 0 heterocycles. The van der Waals surface area contributed by atoms with Crippen molar-refractivity contribution in [3.8, 4) is 11.5 Å². The Morgan fingerprint density at radius 3 is 2.13 bits per heavy atom. The van der Waals surface area contributed by atoms with Crippen LogP contribution in [-0.2, 0) is 32.6 Å². The molecule has 248 valence electrons. The molecule has 1 unspecified atom stereocenters. The second-order valence-corrected chi connectivity index (χ2v) is 13.2. The molecule has 0 radical (unpaired) electrons. The number of nitrogens with one attached hydrogen (secondary N) is 1. The first-order valence-corrected chi connectivity index (χ1v) is 17.1. The third-order valence-corrected chi connectivity index (χ3v) is 9.66. The van der Waals surface area contributed by atoms with Gasteiger partial charge in [0.1, 0.15) is 24.1 Å². The third kappa shape index (κ3) is 9.27. The highest BCUT2D eigenvalue weighted by atomic mass is 35.5. The molecule has 11 heteroatoms. The Hall–Kier alpha value is -4.54. The number of carbonyl (C=O) groups excluding carboxylic acids is 2. The molecule has 0 fully saturated rings. The van der Waals surface area contributed by atoms with Gasteiger partial charge < -0.3 is 19.7 Å². The predicted octanol–water partition coefficient (Wildman–Crippen LogP) is 6.11. The molecule has 1 N–H and O–H groups in total. The van der Waals surface area contributed by atoms with E-state index in [1.165, 1.54) is 37.3 Å². The first kappa shape index (κ1) is 35.3. The number of carbonyl (C=O) groups is 2. The van der Waals surface area contributed by atoms with Crippen LogP contribution in [0.25, 0.3) is 0 Å². The molecule has 0 aliphatic heterocycles. The highest BCUT2D eigenvalue weighted by Crippen LogP contribution is 2.36. The van der Waals surface area contributed by atoms with Gasteiger partial charge in [-0.1, -0.05) is 85.6 Å². The van der Waals surface area contributed by atoms with Crippen LogP contribution in [0.2, 0.25) is 5.02 Å². The average molecular weight is 678 g/mol. The summed E-state index contributed by atoms with van der Waals surface area (Å²) in [5, 5.41) is 3.51. The number of sulfonamides is 1. The predicted molar refractivity (Wildman–Crippen MR) is 184 cm³/mol. The van der Waals surface area contributed by atoms with Gasteiger partial charge >= 0.3 is 0 Å². The molecule has 0 aromatic heterocycles. The highest BCUT2D eigenvalue weighted by molar-refractivity contribution is 7.92. The molecule has 0 aliphatic carbocycles. The molecule has 0 spiro atoms. The molecule has 4 aromatic rings. The van der Waals surface area contributed by atoms with Crippen molar-refractivity contribution in [2.75, 3.05) is 31.6 Å². The van der Waals surface area contributed by atoms with Gasteiger partial charge in [-0.3, -0.25) is 13.9 Å². The molecule has 0 aliphatic rings. The summed E-state index contributed by atoms with van der Waals surface area (Å²) in [7, 11) is -1.42. The largest absolute Gasteiger partial charge is 0.497 e. The van der Waals surface area contributed by atoms with Gasteiger partial charge in [0.2, 0.25) is 11.8 Å². The van der Waals surface area contributed by atoms with Crippen LogP contribution in [-0.4, -0.2) is 58.5 Å². The van der Waals surface area contributed by atoms with Crippen LogP contribution in [0.1, 0.15) is 30.9 Å². The average Bonchev–Trinajstić information content (AvgIpc) is 3.10. The molecule has 9 nitrogen and oxygen atoms in total. The van der Waals surface area contributed by atoms with Gasteiger partial charge in [0.05, 0.1) is 24.8 Å². The van der Waals surface area contributed by atoms with Gasteiger partial charge in [-0.25, -0.2) is 8.42 Å². The van der Waals surface area contributed by atoms with E-state index in [1.807, 2.05) is 37.3 Å². The van der Waals surface area contributed by atoms with Crippen molar-refractivity contribution in [1.29, 1.82) is 0 Å². The minimum absolute atomic E-state index is 0.0138. The minimum atomic E-state index is -4.31. The minimum Gasteiger partial charge on any atom is -0.497 e. The van der Waals surface area contributed by atoms with Crippen LogP contribution in [0.3, 0.4) is 0 Å². The number of methoxy groups -OCH3 is 2. The molecule has 0 saturated carbocycles. The van der Waals surface area contributed by atoms with E-state index in [9.17, 15) is 18.0 Å². The topological polar surface area (TPSA) is 105 Å². The number of rotatable bonds is 16. The van der Waals surface area contributed by atoms with Crippen molar-refractivity contribution >= 4 is 39.1 Å². The molecule has 2 amide bonds. The quantitative estimate of drug-likeness (QED) is 0.144. The maximum Gasteiger partial charge on any atom is 0.264 e. The van der Waals surface area contributed by atoms with E-state index in [0.29, 0.717) is 17.3 Å². The molecule has 47 heavy (non-hydrogen) atoms. The van der Waals surface area contributed by atoms with E-state index in [-0.39, 0.29) is 35.2 Å². The van der Waals surface area contributed by atoms with Gasteiger partial charge in [0.15, 0.2) is 0 Å². The maximum absolute atomic E-state index is 14.6. The van der Waals surface area contributed by atoms with Crippen molar-refractivity contribution in [3.05, 3.63) is 119 Å². The zero-order chi connectivity index (χ0) is 33.8. The molecular formula is C36H40ClN3O6S. The number of anilines is 1. The fraction of sp³-hybridized carbons (Fsp3) is 0.278. The van der Waals surface area contributed by atoms with Crippen LogP contribution < -0.4 is 19.1 Å². The van der Waals surface area contributed by atoms with Crippen LogP contribution in [0, 0.1) is 0 Å². The second-order valence-electron chi connectivity index (χ2n) is 10.9. The van der Waals surface area contributed by atoms with Gasteiger partial charge in [-0.2, -0.15) is 0 Å². The van der Waals surface area contributed by atoms with E-state index < -0.39 is 28.5 Å². The number of unbranched alkanes of at least 4 members (excludes halogenated alkanes) is 1. The molecule has 0 bridgehead atoms. The van der Waals surface area contributed by atoms with E-state index in [2.05, 4.69) is 5.32 Å². The standard InChI is InChI=1S/C36H40ClN3O6S/c1-4-5-22-38-36(42)33(23-27-12-8-6-9-13-27)39(25-28-16-18-29(37)19-17-28)35(41)26-40(47(43,44)31-14-10-7-11-15-31)32-24-30(45-2)20-21-34(32)46-3/h6-21,24,33H,4-5,22-23,25-26H2,1-3H3,(H,38,42).